The van der Waals surface area contributed by atoms with Crippen LogP contribution in [0.1, 0.15) is 36.9 Å². The number of hydrogen-bond acceptors (Lipinski definition) is 4. The van der Waals surface area contributed by atoms with Gasteiger partial charge >= 0.3 is 0 Å². The van der Waals surface area contributed by atoms with E-state index in [0.717, 1.165) is 5.56 Å². The smallest absolute Gasteiger partial charge is 0.287 e. The summed E-state index contributed by atoms with van der Waals surface area (Å²) in [6.07, 6.45) is 1.39. The highest BCUT2D eigenvalue weighted by molar-refractivity contribution is 7.91. The quantitative estimate of drug-likeness (QED) is 0.911. The molecule has 0 atom stereocenters. The number of nitrogens with one attached hydrogen (secondary N) is 1. The van der Waals surface area contributed by atoms with Gasteiger partial charge in [0.2, 0.25) is 0 Å². The lowest BCUT2D eigenvalue weighted by Gasteiger charge is -2.19. The molecule has 1 aromatic heterocycles. The van der Waals surface area contributed by atoms with E-state index in [1.54, 1.807) is 18.2 Å². The van der Waals surface area contributed by atoms with Crippen LogP contribution in [-0.4, -0.2) is 26.6 Å². The van der Waals surface area contributed by atoms with Crippen LogP contribution in [0.2, 0.25) is 0 Å². The van der Waals surface area contributed by atoms with E-state index in [0.29, 0.717) is 0 Å². The van der Waals surface area contributed by atoms with Crippen LogP contribution in [0.3, 0.4) is 0 Å². The fraction of sp³-hybridized carbons (Fsp3) is 0.353. The summed E-state index contributed by atoms with van der Waals surface area (Å²) in [6.45, 7) is 6.24. The molecule has 0 aliphatic heterocycles. The average Bonchev–Trinajstić information content (AvgIpc) is 3.00. The summed E-state index contributed by atoms with van der Waals surface area (Å²) < 4.78 is 29.5. The summed E-state index contributed by atoms with van der Waals surface area (Å²) in [6, 6.07) is 10.0. The van der Waals surface area contributed by atoms with Gasteiger partial charge in [-0.25, -0.2) is 8.42 Å². The third kappa shape index (κ3) is 4.45. The Hall–Kier alpha value is -2.08. The molecule has 1 N–H and O–H groups in total. The first-order valence-corrected chi connectivity index (χ1v) is 9.00. The molecule has 0 aliphatic carbocycles. The number of hydrogen-bond donors (Lipinski definition) is 1. The summed E-state index contributed by atoms with van der Waals surface area (Å²) in [5.74, 6) is -0.417. The maximum absolute atomic E-state index is 12.3. The topological polar surface area (TPSA) is 76.4 Å². The van der Waals surface area contributed by atoms with Crippen molar-refractivity contribution in [2.45, 2.75) is 31.1 Å². The Labute approximate surface area is 136 Å². The minimum Gasteiger partial charge on any atom is -0.459 e. The van der Waals surface area contributed by atoms with Gasteiger partial charge in [0.25, 0.3) is 5.91 Å². The summed E-state index contributed by atoms with van der Waals surface area (Å²) >= 11 is 0. The van der Waals surface area contributed by atoms with Crippen molar-refractivity contribution < 1.29 is 17.6 Å². The molecule has 0 radical (unpaired) electrons. The van der Waals surface area contributed by atoms with Gasteiger partial charge in [-0.3, -0.25) is 4.79 Å². The van der Waals surface area contributed by atoms with Gasteiger partial charge in [0.1, 0.15) is 0 Å². The first-order chi connectivity index (χ1) is 10.7. The standard InChI is InChI=1S/C17H21NO4S/c1-17(2,3)13-6-8-14(9-7-13)23(20,21)12-10-18-16(19)15-5-4-11-22-15/h4-9,11H,10,12H2,1-3H3,(H,18,19). The van der Waals surface area contributed by atoms with Gasteiger partial charge in [-0.1, -0.05) is 32.9 Å². The molecule has 124 valence electrons. The lowest BCUT2D eigenvalue weighted by atomic mass is 9.87. The third-order valence-electron chi connectivity index (χ3n) is 3.48. The highest BCUT2D eigenvalue weighted by Gasteiger charge is 2.18. The second-order valence-electron chi connectivity index (χ2n) is 6.33. The average molecular weight is 335 g/mol. The van der Waals surface area contributed by atoms with Gasteiger partial charge in [0.05, 0.1) is 16.9 Å². The van der Waals surface area contributed by atoms with Gasteiger partial charge in [-0.15, -0.1) is 0 Å². The Balaban J connectivity index is 1.98. The first-order valence-electron chi connectivity index (χ1n) is 7.35. The fourth-order valence-corrected chi connectivity index (χ4v) is 3.23. The second kappa shape index (κ2) is 6.58. The van der Waals surface area contributed by atoms with Crippen LogP contribution < -0.4 is 5.32 Å². The van der Waals surface area contributed by atoms with Crippen molar-refractivity contribution in [1.29, 1.82) is 0 Å². The number of rotatable bonds is 5. The lowest BCUT2D eigenvalue weighted by Crippen LogP contribution is -2.28. The first kappa shape index (κ1) is 17.3. The van der Waals surface area contributed by atoms with Crippen molar-refractivity contribution in [2.75, 3.05) is 12.3 Å². The van der Waals surface area contributed by atoms with E-state index >= 15 is 0 Å². The van der Waals surface area contributed by atoms with E-state index in [1.165, 1.54) is 12.3 Å². The van der Waals surface area contributed by atoms with Crippen molar-refractivity contribution >= 4 is 15.7 Å². The molecular weight excluding hydrogens is 314 g/mol. The molecule has 0 spiro atoms. The number of benzene rings is 1. The van der Waals surface area contributed by atoms with Crippen LogP contribution in [0.4, 0.5) is 0 Å². The predicted octanol–water partition coefficient (Wildman–Crippen LogP) is 2.78. The molecule has 6 heteroatoms. The lowest BCUT2D eigenvalue weighted by molar-refractivity contribution is 0.0928. The number of carbonyl (C=O) groups is 1. The van der Waals surface area contributed by atoms with Crippen LogP contribution in [-0.2, 0) is 15.3 Å². The summed E-state index contributed by atoms with van der Waals surface area (Å²) in [4.78, 5) is 11.9. The van der Waals surface area contributed by atoms with Gasteiger partial charge in [0, 0.05) is 6.54 Å². The largest absolute Gasteiger partial charge is 0.459 e. The van der Waals surface area contributed by atoms with E-state index in [1.807, 2.05) is 12.1 Å². The Bertz CT molecular complexity index is 754. The van der Waals surface area contributed by atoms with Crippen molar-refractivity contribution in [3.05, 3.63) is 54.0 Å². The number of sulfone groups is 1. The summed E-state index contributed by atoms with van der Waals surface area (Å²) in [5, 5.41) is 2.53. The molecular formula is C17H21NO4S. The molecule has 23 heavy (non-hydrogen) atoms. The zero-order chi connectivity index (χ0) is 17.1. The zero-order valence-corrected chi connectivity index (χ0v) is 14.3. The maximum atomic E-state index is 12.3. The van der Waals surface area contributed by atoms with Crippen molar-refractivity contribution in [2.24, 2.45) is 0 Å². The highest BCUT2D eigenvalue weighted by atomic mass is 32.2. The Morgan fingerprint density at radius 3 is 2.30 bits per heavy atom. The van der Waals surface area contributed by atoms with Gasteiger partial charge in [-0.05, 0) is 35.2 Å². The third-order valence-corrected chi connectivity index (χ3v) is 5.21. The molecule has 0 aliphatic rings. The van der Waals surface area contributed by atoms with E-state index < -0.39 is 15.7 Å². The number of carbonyl (C=O) groups excluding carboxylic acids is 1. The molecule has 1 aromatic carbocycles. The van der Waals surface area contributed by atoms with Gasteiger partial charge in [-0.2, -0.15) is 0 Å². The Morgan fingerprint density at radius 2 is 1.78 bits per heavy atom. The van der Waals surface area contributed by atoms with E-state index in [4.69, 9.17) is 4.42 Å². The normalized spacial score (nSPS) is 12.1. The molecule has 0 unspecified atom stereocenters. The molecule has 2 aromatic rings. The molecule has 1 heterocycles. The van der Waals surface area contributed by atoms with Gasteiger partial charge in [0.15, 0.2) is 15.6 Å². The van der Waals surface area contributed by atoms with Crippen LogP contribution in [0.15, 0.2) is 52.0 Å². The van der Waals surface area contributed by atoms with E-state index in [2.05, 4.69) is 26.1 Å². The number of furan rings is 1. The summed E-state index contributed by atoms with van der Waals surface area (Å²) in [5.41, 5.74) is 1.04. The second-order valence-corrected chi connectivity index (χ2v) is 8.44. The van der Waals surface area contributed by atoms with Crippen molar-refractivity contribution in [3.8, 4) is 0 Å². The molecule has 2 rings (SSSR count). The van der Waals surface area contributed by atoms with E-state index in [9.17, 15) is 13.2 Å². The number of amides is 1. The minimum atomic E-state index is -3.43. The van der Waals surface area contributed by atoms with Crippen LogP contribution in [0.5, 0.6) is 0 Å². The minimum absolute atomic E-state index is 0.0285. The SMILES string of the molecule is CC(C)(C)c1ccc(S(=O)(=O)CCNC(=O)c2ccco2)cc1. The van der Waals surface area contributed by atoms with Crippen LogP contribution in [0, 0.1) is 0 Å². The highest BCUT2D eigenvalue weighted by Crippen LogP contribution is 2.23. The fourth-order valence-electron chi connectivity index (χ4n) is 2.07. The Morgan fingerprint density at radius 1 is 1.13 bits per heavy atom. The molecule has 0 saturated heterocycles. The van der Waals surface area contributed by atoms with Crippen LogP contribution >= 0.6 is 0 Å². The molecule has 0 fully saturated rings. The predicted molar refractivity (Wildman–Crippen MR) is 88.2 cm³/mol. The maximum Gasteiger partial charge on any atom is 0.287 e. The zero-order valence-electron chi connectivity index (χ0n) is 13.5. The van der Waals surface area contributed by atoms with Crippen molar-refractivity contribution in [1.82, 2.24) is 5.32 Å². The molecule has 0 bridgehead atoms. The Kier molecular flexibility index (Phi) is 4.94. The van der Waals surface area contributed by atoms with Crippen LogP contribution in [0.25, 0.3) is 0 Å². The van der Waals surface area contributed by atoms with E-state index in [-0.39, 0.29) is 28.4 Å². The summed E-state index contributed by atoms with van der Waals surface area (Å²) in [7, 11) is -3.43. The van der Waals surface area contributed by atoms with Crippen molar-refractivity contribution in [3.63, 3.8) is 0 Å². The molecule has 0 saturated carbocycles. The molecule has 5 nitrogen and oxygen atoms in total. The van der Waals surface area contributed by atoms with Gasteiger partial charge < -0.3 is 9.73 Å². The monoisotopic (exact) mass is 335 g/mol. The molecule has 1 amide bonds.